The van der Waals surface area contributed by atoms with Crippen LogP contribution >= 0.6 is 15.9 Å². The Morgan fingerprint density at radius 3 is 2.57 bits per heavy atom. The molecule has 76 valence electrons. The highest BCUT2D eigenvalue weighted by Crippen LogP contribution is 2.51. The van der Waals surface area contributed by atoms with Gasteiger partial charge in [-0.3, -0.25) is 0 Å². The van der Waals surface area contributed by atoms with Crippen LogP contribution in [-0.4, -0.2) is 0 Å². The van der Waals surface area contributed by atoms with Crippen molar-refractivity contribution in [2.45, 2.75) is 32.0 Å². The Morgan fingerprint density at radius 2 is 2.00 bits per heavy atom. The minimum atomic E-state index is 0.567. The number of benzene rings is 1. The molecule has 3 unspecified atom stereocenters. The highest BCUT2D eigenvalue weighted by Gasteiger charge is 2.39. The van der Waals surface area contributed by atoms with Crippen LogP contribution in [-0.2, 0) is 0 Å². The topological polar surface area (TPSA) is 0 Å². The molecule has 1 heteroatoms. The fourth-order valence-electron chi connectivity index (χ4n) is 2.05. The summed E-state index contributed by atoms with van der Waals surface area (Å²) in [7, 11) is 0. The average molecular weight is 253 g/mol. The Kier molecular flexibility index (Phi) is 2.70. The first kappa shape index (κ1) is 10.2. The molecule has 0 nitrogen and oxygen atoms in total. The predicted molar refractivity (Wildman–Crippen MR) is 64.9 cm³/mol. The summed E-state index contributed by atoms with van der Waals surface area (Å²) in [6.45, 7) is 6.71. The molecule has 0 radical (unpaired) electrons. The summed E-state index contributed by atoms with van der Waals surface area (Å²) >= 11 is 3.84. The third-order valence-electron chi connectivity index (χ3n) is 3.28. The first-order valence-corrected chi connectivity index (χ1v) is 6.22. The largest absolute Gasteiger partial charge is 0.0836 e. The van der Waals surface area contributed by atoms with Crippen molar-refractivity contribution in [3.8, 4) is 0 Å². The van der Waals surface area contributed by atoms with E-state index in [1.807, 2.05) is 0 Å². The molecular weight excluding hydrogens is 236 g/mol. The van der Waals surface area contributed by atoms with Gasteiger partial charge in [-0.15, -0.1) is 0 Å². The van der Waals surface area contributed by atoms with Gasteiger partial charge in [0, 0.05) is 4.83 Å². The molecule has 1 aromatic rings. The molecule has 0 heterocycles. The monoisotopic (exact) mass is 252 g/mol. The Labute approximate surface area is 94.8 Å². The average Bonchev–Trinajstić information content (AvgIpc) is 2.86. The molecule has 1 saturated carbocycles. The Hall–Kier alpha value is -0.300. The summed E-state index contributed by atoms with van der Waals surface area (Å²) in [5, 5.41) is 0. The van der Waals surface area contributed by atoms with Crippen LogP contribution in [0.1, 0.15) is 34.9 Å². The van der Waals surface area contributed by atoms with Gasteiger partial charge in [-0.1, -0.05) is 46.6 Å². The van der Waals surface area contributed by atoms with Gasteiger partial charge >= 0.3 is 0 Å². The van der Waals surface area contributed by atoms with Crippen LogP contribution in [0.3, 0.4) is 0 Å². The van der Waals surface area contributed by atoms with Crippen LogP contribution in [0.25, 0.3) is 0 Å². The molecule has 14 heavy (non-hydrogen) atoms. The maximum absolute atomic E-state index is 3.84. The molecule has 0 spiro atoms. The number of halogens is 1. The maximum atomic E-state index is 3.84. The van der Waals surface area contributed by atoms with Gasteiger partial charge in [-0.25, -0.2) is 0 Å². The number of hydrogen-bond donors (Lipinski definition) is 0. The van der Waals surface area contributed by atoms with Gasteiger partial charge in [0.25, 0.3) is 0 Å². The van der Waals surface area contributed by atoms with E-state index in [0.717, 1.165) is 11.8 Å². The number of rotatable bonds is 2. The summed E-state index contributed by atoms with van der Waals surface area (Å²) in [4.78, 5) is 0.567. The fraction of sp³-hybridized carbons (Fsp3) is 0.538. The lowest BCUT2D eigenvalue weighted by Gasteiger charge is -2.13. The zero-order chi connectivity index (χ0) is 10.3. The zero-order valence-corrected chi connectivity index (χ0v) is 10.6. The van der Waals surface area contributed by atoms with Crippen LogP contribution < -0.4 is 0 Å². The van der Waals surface area contributed by atoms with Crippen LogP contribution in [0.5, 0.6) is 0 Å². The van der Waals surface area contributed by atoms with Gasteiger partial charge in [0.1, 0.15) is 0 Å². The van der Waals surface area contributed by atoms with E-state index in [2.05, 4.69) is 54.9 Å². The number of hydrogen-bond acceptors (Lipinski definition) is 0. The molecule has 0 aromatic heterocycles. The van der Waals surface area contributed by atoms with Gasteiger partial charge in [0.05, 0.1) is 0 Å². The van der Waals surface area contributed by atoms with E-state index >= 15 is 0 Å². The van der Waals surface area contributed by atoms with Crippen molar-refractivity contribution in [2.24, 2.45) is 11.8 Å². The zero-order valence-electron chi connectivity index (χ0n) is 9.05. The second-order valence-electron chi connectivity index (χ2n) is 4.64. The molecule has 1 aromatic carbocycles. The molecule has 1 aliphatic rings. The smallest absolute Gasteiger partial charge is 0.0428 e. The van der Waals surface area contributed by atoms with Crippen LogP contribution in [0.15, 0.2) is 18.2 Å². The van der Waals surface area contributed by atoms with E-state index in [-0.39, 0.29) is 0 Å². The summed E-state index contributed by atoms with van der Waals surface area (Å²) in [6, 6.07) is 6.74. The predicted octanol–water partition coefficient (Wildman–Crippen LogP) is 4.40. The van der Waals surface area contributed by atoms with Crippen molar-refractivity contribution in [1.29, 1.82) is 0 Å². The minimum absolute atomic E-state index is 0.567. The quantitative estimate of drug-likeness (QED) is 0.685. The highest BCUT2D eigenvalue weighted by molar-refractivity contribution is 9.09. The molecule has 0 N–H and O–H groups in total. The van der Waals surface area contributed by atoms with Crippen LogP contribution in [0.2, 0.25) is 0 Å². The lowest BCUT2D eigenvalue weighted by atomic mass is 10.00. The lowest BCUT2D eigenvalue weighted by molar-refractivity contribution is 0.736. The standard InChI is InChI=1S/C13H17Br/c1-8-4-5-9(2)11(6-8)13(14)12-7-10(12)3/h4-6,10,12-13H,7H2,1-3H3. The first-order chi connectivity index (χ1) is 6.59. The minimum Gasteiger partial charge on any atom is -0.0836 e. The molecule has 0 aliphatic heterocycles. The second-order valence-corrected chi connectivity index (χ2v) is 5.63. The molecule has 3 atom stereocenters. The Bertz CT molecular complexity index is 343. The van der Waals surface area contributed by atoms with Crippen LogP contribution in [0.4, 0.5) is 0 Å². The number of alkyl halides is 1. The van der Waals surface area contributed by atoms with Gasteiger partial charge in [0.15, 0.2) is 0 Å². The summed E-state index contributed by atoms with van der Waals surface area (Å²) in [5.74, 6) is 1.76. The summed E-state index contributed by atoms with van der Waals surface area (Å²) in [6.07, 6.45) is 1.38. The SMILES string of the molecule is Cc1ccc(C)c(C(Br)C2CC2C)c1. The van der Waals surface area contributed by atoms with Crippen molar-refractivity contribution in [3.63, 3.8) is 0 Å². The first-order valence-electron chi connectivity index (χ1n) is 5.31. The fourth-order valence-corrected chi connectivity index (χ4v) is 3.28. The van der Waals surface area contributed by atoms with E-state index in [0.29, 0.717) is 4.83 Å². The van der Waals surface area contributed by atoms with Gasteiger partial charge < -0.3 is 0 Å². The molecule has 0 amide bonds. The Balaban J connectivity index is 2.26. The lowest BCUT2D eigenvalue weighted by Crippen LogP contribution is -1.97. The molecule has 1 fully saturated rings. The second kappa shape index (κ2) is 3.69. The van der Waals surface area contributed by atoms with E-state index in [1.54, 1.807) is 0 Å². The van der Waals surface area contributed by atoms with E-state index < -0.39 is 0 Å². The summed E-state index contributed by atoms with van der Waals surface area (Å²) in [5.41, 5.74) is 4.26. The van der Waals surface area contributed by atoms with Crippen LogP contribution in [0, 0.1) is 25.7 Å². The van der Waals surface area contributed by atoms with Gasteiger partial charge in [-0.2, -0.15) is 0 Å². The molecular formula is C13H17Br. The van der Waals surface area contributed by atoms with Gasteiger partial charge in [0.2, 0.25) is 0 Å². The summed E-state index contributed by atoms with van der Waals surface area (Å²) < 4.78 is 0. The van der Waals surface area contributed by atoms with Crippen molar-refractivity contribution in [3.05, 3.63) is 34.9 Å². The maximum Gasteiger partial charge on any atom is 0.0428 e. The van der Waals surface area contributed by atoms with Crippen molar-refractivity contribution in [2.75, 3.05) is 0 Å². The number of aryl methyl sites for hydroxylation is 2. The Morgan fingerprint density at radius 1 is 1.36 bits per heavy atom. The molecule has 0 bridgehead atoms. The van der Waals surface area contributed by atoms with E-state index in [4.69, 9.17) is 0 Å². The van der Waals surface area contributed by atoms with Crippen molar-refractivity contribution >= 4 is 15.9 Å². The molecule has 2 rings (SSSR count). The van der Waals surface area contributed by atoms with Crippen molar-refractivity contribution in [1.82, 2.24) is 0 Å². The molecule has 0 saturated heterocycles. The van der Waals surface area contributed by atoms with E-state index in [1.165, 1.54) is 23.1 Å². The van der Waals surface area contributed by atoms with Gasteiger partial charge in [-0.05, 0) is 43.2 Å². The van der Waals surface area contributed by atoms with Crippen molar-refractivity contribution < 1.29 is 0 Å². The molecule has 1 aliphatic carbocycles. The van der Waals surface area contributed by atoms with E-state index in [9.17, 15) is 0 Å². The third-order valence-corrected chi connectivity index (χ3v) is 4.45. The third kappa shape index (κ3) is 1.88. The normalized spacial score (nSPS) is 27.4. The highest BCUT2D eigenvalue weighted by atomic mass is 79.9.